The summed E-state index contributed by atoms with van der Waals surface area (Å²) in [6.07, 6.45) is 1.80. The fourth-order valence-corrected chi connectivity index (χ4v) is 4.71. The van der Waals surface area contributed by atoms with Crippen molar-refractivity contribution in [2.24, 2.45) is 0 Å². The molecule has 5 rings (SSSR count). The van der Waals surface area contributed by atoms with E-state index in [0.29, 0.717) is 16.7 Å². The fourth-order valence-electron chi connectivity index (χ4n) is 4.23. The number of aryl methyl sites for hydroxylation is 1. The Balaban J connectivity index is 1.52. The Bertz CT molecular complexity index is 1310. The second kappa shape index (κ2) is 9.49. The lowest BCUT2D eigenvalue weighted by Crippen LogP contribution is -2.29. The molecule has 0 radical (unpaired) electrons. The summed E-state index contributed by atoms with van der Waals surface area (Å²) in [5.74, 6) is 2.39. The Morgan fingerprint density at radius 3 is 2.62 bits per heavy atom. The van der Waals surface area contributed by atoms with E-state index in [2.05, 4.69) is 27.3 Å². The molecule has 1 N–H and O–H groups in total. The minimum atomic E-state index is -0.167. The Morgan fingerprint density at radius 1 is 1.09 bits per heavy atom. The minimum Gasteiger partial charge on any atom is -0.497 e. The molecule has 0 amide bonds. The molecule has 5 nitrogen and oxygen atoms in total. The molecule has 0 aliphatic carbocycles. The summed E-state index contributed by atoms with van der Waals surface area (Å²) < 4.78 is 11.7. The Labute approximate surface area is 209 Å². The van der Waals surface area contributed by atoms with Gasteiger partial charge < -0.3 is 19.4 Å². The number of hydrogen-bond donors (Lipinski definition) is 1. The molecule has 4 aromatic rings. The van der Waals surface area contributed by atoms with Crippen LogP contribution in [0.4, 0.5) is 0 Å². The van der Waals surface area contributed by atoms with Crippen LogP contribution in [-0.2, 0) is 6.54 Å². The van der Waals surface area contributed by atoms with Gasteiger partial charge in [0.15, 0.2) is 5.11 Å². The quantitative estimate of drug-likeness (QED) is 0.312. The number of nitrogens with one attached hydrogen (secondary N) is 1. The first-order chi connectivity index (χ1) is 16.5. The third-order valence-electron chi connectivity index (χ3n) is 6.08. The fraction of sp³-hybridized carbons (Fsp3) is 0.185. The van der Waals surface area contributed by atoms with E-state index in [1.807, 2.05) is 67.6 Å². The number of ether oxygens (including phenoxy) is 1. The highest BCUT2D eigenvalue weighted by Crippen LogP contribution is 2.41. The summed E-state index contributed by atoms with van der Waals surface area (Å²) >= 11 is 12.1. The van der Waals surface area contributed by atoms with Crippen molar-refractivity contribution in [3.05, 3.63) is 107 Å². The molecule has 0 unspecified atom stereocenters. The second-order valence-corrected chi connectivity index (χ2v) is 9.06. The summed E-state index contributed by atoms with van der Waals surface area (Å²) in [6, 6.07) is 23.6. The number of pyridine rings is 1. The van der Waals surface area contributed by atoms with Gasteiger partial charge in [0.1, 0.15) is 23.3 Å². The number of nitrogens with zero attached hydrogens (tertiary/aromatic N) is 2. The zero-order valence-electron chi connectivity index (χ0n) is 18.9. The van der Waals surface area contributed by atoms with Crippen molar-refractivity contribution in [2.45, 2.75) is 25.6 Å². The number of furan rings is 1. The van der Waals surface area contributed by atoms with Crippen LogP contribution in [0.15, 0.2) is 83.4 Å². The Hall–Kier alpha value is -3.35. The van der Waals surface area contributed by atoms with Gasteiger partial charge in [0, 0.05) is 23.3 Å². The lowest BCUT2D eigenvalue weighted by atomic mass is 10.0. The average Bonchev–Trinajstić information content (AvgIpc) is 3.47. The summed E-state index contributed by atoms with van der Waals surface area (Å²) in [5.41, 5.74) is 3.99. The van der Waals surface area contributed by atoms with E-state index in [0.717, 1.165) is 39.7 Å². The van der Waals surface area contributed by atoms with E-state index in [4.69, 9.17) is 33.0 Å². The highest BCUT2D eigenvalue weighted by molar-refractivity contribution is 7.80. The van der Waals surface area contributed by atoms with Gasteiger partial charge in [0.2, 0.25) is 0 Å². The van der Waals surface area contributed by atoms with E-state index < -0.39 is 0 Å². The van der Waals surface area contributed by atoms with Crippen molar-refractivity contribution in [2.75, 3.05) is 7.11 Å². The number of thiocarbonyl (C=S) groups is 1. The van der Waals surface area contributed by atoms with Gasteiger partial charge in [0.05, 0.1) is 18.8 Å². The van der Waals surface area contributed by atoms with E-state index >= 15 is 0 Å². The molecule has 1 saturated heterocycles. The van der Waals surface area contributed by atoms with E-state index in [-0.39, 0.29) is 12.1 Å². The van der Waals surface area contributed by atoms with Gasteiger partial charge in [-0.1, -0.05) is 41.9 Å². The van der Waals surface area contributed by atoms with Crippen molar-refractivity contribution >= 4 is 28.9 Å². The predicted molar refractivity (Wildman–Crippen MR) is 138 cm³/mol. The molecule has 0 spiro atoms. The standard InChI is InChI=1S/C27H24ClN3O2S/c1-17-6-9-19(15-21(17)28)23-12-13-24(33-23)26-25(22-5-3-4-14-29-22)30-27(34)31(26)16-18-7-10-20(32-2)11-8-18/h3-15,25-26H,16H2,1-2H3,(H,30,34)/t25-,26+/m1/s1. The van der Waals surface area contributed by atoms with E-state index in [9.17, 15) is 0 Å². The van der Waals surface area contributed by atoms with E-state index in [1.165, 1.54) is 0 Å². The van der Waals surface area contributed by atoms with Gasteiger partial charge in [-0.3, -0.25) is 4.98 Å². The number of benzene rings is 2. The molecule has 3 heterocycles. The van der Waals surface area contributed by atoms with E-state index in [1.54, 1.807) is 13.3 Å². The minimum absolute atomic E-state index is 0.146. The number of aromatic nitrogens is 1. The van der Waals surface area contributed by atoms with Crippen molar-refractivity contribution in [3.8, 4) is 17.1 Å². The number of rotatable bonds is 6. The molecule has 0 bridgehead atoms. The molecule has 1 aliphatic heterocycles. The van der Waals surface area contributed by atoms with Crippen LogP contribution in [0.3, 0.4) is 0 Å². The largest absolute Gasteiger partial charge is 0.497 e. The van der Waals surface area contributed by atoms with Crippen LogP contribution in [0.25, 0.3) is 11.3 Å². The van der Waals surface area contributed by atoms with Crippen LogP contribution in [-0.4, -0.2) is 22.1 Å². The predicted octanol–water partition coefficient (Wildman–Crippen LogP) is 6.48. The summed E-state index contributed by atoms with van der Waals surface area (Å²) in [7, 11) is 1.66. The molecule has 34 heavy (non-hydrogen) atoms. The van der Waals surface area contributed by atoms with Crippen LogP contribution in [0.2, 0.25) is 5.02 Å². The van der Waals surface area contributed by atoms with Gasteiger partial charge in [-0.2, -0.15) is 0 Å². The van der Waals surface area contributed by atoms with Crippen LogP contribution in [0.5, 0.6) is 5.75 Å². The SMILES string of the molecule is COc1ccc(CN2C(=S)N[C@H](c3ccccn3)[C@@H]2c2ccc(-c3ccc(C)c(Cl)c3)o2)cc1. The highest BCUT2D eigenvalue weighted by atomic mass is 35.5. The first-order valence-corrected chi connectivity index (χ1v) is 11.8. The van der Waals surface area contributed by atoms with Crippen molar-refractivity contribution in [3.63, 3.8) is 0 Å². The van der Waals surface area contributed by atoms with Crippen LogP contribution in [0, 0.1) is 6.92 Å². The van der Waals surface area contributed by atoms with Gasteiger partial charge in [-0.15, -0.1) is 0 Å². The maximum Gasteiger partial charge on any atom is 0.170 e. The van der Waals surface area contributed by atoms with Gasteiger partial charge in [-0.25, -0.2) is 0 Å². The van der Waals surface area contributed by atoms with Gasteiger partial charge >= 0.3 is 0 Å². The summed E-state index contributed by atoms with van der Waals surface area (Å²) in [4.78, 5) is 6.75. The Morgan fingerprint density at radius 2 is 1.91 bits per heavy atom. The molecular weight excluding hydrogens is 466 g/mol. The van der Waals surface area contributed by atoms with Crippen LogP contribution in [0.1, 0.15) is 34.7 Å². The van der Waals surface area contributed by atoms with Gasteiger partial charge in [0.25, 0.3) is 0 Å². The molecule has 2 aromatic heterocycles. The monoisotopic (exact) mass is 489 g/mol. The maximum absolute atomic E-state index is 6.41. The average molecular weight is 490 g/mol. The lowest BCUT2D eigenvalue weighted by molar-refractivity contribution is 0.269. The van der Waals surface area contributed by atoms with Crippen molar-refractivity contribution in [1.82, 2.24) is 15.2 Å². The van der Waals surface area contributed by atoms with Crippen LogP contribution >= 0.6 is 23.8 Å². The number of methoxy groups -OCH3 is 1. The number of hydrogen-bond acceptors (Lipinski definition) is 4. The highest BCUT2D eigenvalue weighted by Gasteiger charge is 2.41. The van der Waals surface area contributed by atoms with Gasteiger partial charge in [-0.05, 0) is 72.7 Å². The normalized spacial score (nSPS) is 17.6. The zero-order valence-corrected chi connectivity index (χ0v) is 20.4. The number of halogens is 1. The third-order valence-corrected chi connectivity index (χ3v) is 6.84. The topological polar surface area (TPSA) is 50.5 Å². The van der Waals surface area contributed by atoms with Crippen molar-refractivity contribution in [1.29, 1.82) is 0 Å². The molecular formula is C27H24ClN3O2S. The molecule has 7 heteroatoms. The Kier molecular flexibility index (Phi) is 6.26. The second-order valence-electron chi connectivity index (χ2n) is 8.27. The molecule has 0 saturated carbocycles. The smallest absolute Gasteiger partial charge is 0.170 e. The summed E-state index contributed by atoms with van der Waals surface area (Å²) in [6.45, 7) is 2.61. The zero-order chi connectivity index (χ0) is 23.7. The van der Waals surface area contributed by atoms with Crippen LogP contribution < -0.4 is 10.1 Å². The molecule has 2 aromatic carbocycles. The lowest BCUT2D eigenvalue weighted by Gasteiger charge is -2.26. The summed E-state index contributed by atoms with van der Waals surface area (Å²) in [5, 5.41) is 4.84. The first-order valence-electron chi connectivity index (χ1n) is 11.0. The molecule has 1 aliphatic rings. The molecule has 2 atom stereocenters. The molecule has 1 fully saturated rings. The van der Waals surface area contributed by atoms with Crippen molar-refractivity contribution < 1.29 is 9.15 Å². The first kappa shape index (κ1) is 22.4. The molecule has 172 valence electrons. The third kappa shape index (κ3) is 4.39. The maximum atomic E-state index is 6.41.